The molecule has 1 N–H and O–H groups in total. The average molecular weight is 360 g/mol. The van der Waals surface area contributed by atoms with Crippen LogP contribution < -0.4 is 10.9 Å². The van der Waals surface area contributed by atoms with Crippen molar-refractivity contribution in [2.75, 3.05) is 5.75 Å². The van der Waals surface area contributed by atoms with Crippen molar-refractivity contribution in [2.45, 2.75) is 57.3 Å². The normalized spacial score (nSPS) is 20.6. The Balaban J connectivity index is 1.72. The molecule has 2 aromatic heterocycles. The Morgan fingerprint density at radius 3 is 2.96 bits per heavy atom. The third kappa shape index (κ3) is 4.03. The monoisotopic (exact) mass is 360 g/mol. The summed E-state index contributed by atoms with van der Waals surface area (Å²) < 4.78 is 1.60. The first kappa shape index (κ1) is 17.9. The fraction of sp³-hybridized carbons (Fsp3) is 0.556. The highest BCUT2D eigenvalue weighted by molar-refractivity contribution is 7.99. The van der Waals surface area contributed by atoms with Crippen LogP contribution in [0.25, 0.3) is 11.0 Å². The van der Waals surface area contributed by atoms with Crippen molar-refractivity contribution in [1.29, 1.82) is 0 Å². The minimum atomic E-state index is -0.107. The van der Waals surface area contributed by atoms with E-state index >= 15 is 0 Å². The molecule has 0 aromatic carbocycles. The zero-order valence-electron chi connectivity index (χ0n) is 14.7. The van der Waals surface area contributed by atoms with Crippen LogP contribution in [0.3, 0.4) is 0 Å². The first-order valence-corrected chi connectivity index (χ1v) is 9.86. The number of carbonyl (C=O) groups is 1. The quantitative estimate of drug-likeness (QED) is 0.655. The maximum Gasteiger partial charge on any atom is 0.263 e. The van der Waals surface area contributed by atoms with Crippen molar-refractivity contribution in [3.05, 3.63) is 28.7 Å². The van der Waals surface area contributed by atoms with Gasteiger partial charge in [0.15, 0.2) is 10.8 Å². The zero-order valence-corrected chi connectivity index (χ0v) is 15.5. The lowest BCUT2D eigenvalue weighted by atomic mass is 9.86. The number of amides is 1. The van der Waals surface area contributed by atoms with Gasteiger partial charge in [0, 0.05) is 18.8 Å². The highest BCUT2D eigenvalue weighted by Crippen LogP contribution is 2.24. The summed E-state index contributed by atoms with van der Waals surface area (Å²) in [4.78, 5) is 33.5. The number of carbonyl (C=O) groups excluding carboxylic acids is 1. The highest BCUT2D eigenvalue weighted by Gasteiger charge is 2.23. The van der Waals surface area contributed by atoms with E-state index in [1.165, 1.54) is 31.0 Å². The summed E-state index contributed by atoms with van der Waals surface area (Å²) >= 11 is 1.30. The van der Waals surface area contributed by atoms with Gasteiger partial charge in [0.1, 0.15) is 0 Å². The SMILES string of the molecule is CCn1c(SCC(=O)N[C@@H]2CCCC[C@@H]2C)nc2ncccc2c1=O. The highest BCUT2D eigenvalue weighted by atomic mass is 32.2. The van der Waals surface area contributed by atoms with Crippen molar-refractivity contribution in [3.8, 4) is 0 Å². The van der Waals surface area contributed by atoms with Crippen LogP contribution in [0, 0.1) is 5.92 Å². The summed E-state index contributed by atoms with van der Waals surface area (Å²) in [5.74, 6) is 0.787. The molecule has 2 atom stereocenters. The van der Waals surface area contributed by atoms with Crippen LogP contribution in [0.2, 0.25) is 0 Å². The average Bonchev–Trinajstić information content (AvgIpc) is 2.62. The van der Waals surface area contributed by atoms with Gasteiger partial charge in [0.25, 0.3) is 5.56 Å². The molecular weight excluding hydrogens is 336 g/mol. The van der Waals surface area contributed by atoms with E-state index in [2.05, 4.69) is 22.2 Å². The van der Waals surface area contributed by atoms with E-state index in [9.17, 15) is 9.59 Å². The fourth-order valence-electron chi connectivity index (χ4n) is 3.33. The topological polar surface area (TPSA) is 76.9 Å². The second-order valence-corrected chi connectivity index (χ2v) is 7.49. The Hall–Kier alpha value is -1.89. The molecule has 1 fully saturated rings. The van der Waals surface area contributed by atoms with Gasteiger partial charge in [0.2, 0.25) is 5.91 Å². The number of hydrogen-bond acceptors (Lipinski definition) is 5. The van der Waals surface area contributed by atoms with Crippen LogP contribution in [0.15, 0.2) is 28.3 Å². The maximum atomic E-state index is 12.6. The molecule has 0 aliphatic heterocycles. The molecule has 2 aromatic rings. The number of thioether (sulfide) groups is 1. The van der Waals surface area contributed by atoms with Gasteiger partial charge in [-0.1, -0.05) is 31.5 Å². The molecule has 0 unspecified atom stereocenters. The lowest BCUT2D eigenvalue weighted by molar-refractivity contribution is -0.119. The number of nitrogens with zero attached hydrogens (tertiary/aromatic N) is 3. The lowest BCUT2D eigenvalue weighted by Gasteiger charge is -2.29. The lowest BCUT2D eigenvalue weighted by Crippen LogP contribution is -2.41. The minimum Gasteiger partial charge on any atom is -0.352 e. The van der Waals surface area contributed by atoms with Crippen LogP contribution in [0.4, 0.5) is 0 Å². The van der Waals surface area contributed by atoms with Gasteiger partial charge >= 0.3 is 0 Å². The number of rotatable bonds is 5. The molecule has 3 rings (SSSR count). The third-order valence-electron chi connectivity index (χ3n) is 4.80. The molecule has 6 nitrogen and oxygen atoms in total. The second kappa shape index (κ2) is 7.99. The molecular formula is C18H24N4O2S. The van der Waals surface area contributed by atoms with Crippen LogP contribution in [0.1, 0.15) is 39.5 Å². The van der Waals surface area contributed by atoms with Crippen molar-refractivity contribution in [1.82, 2.24) is 19.9 Å². The van der Waals surface area contributed by atoms with Crippen molar-refractivity contribution in [2.24, 2.45) is 5.92 Å². The predicted octanol–water partition coefficient (Wildman–Crippen LogP) is 2.60. The molecule has 0 spiro atoms. The molecule has 1 aliphatic carbocycles. The van der Waals surface area contributed by atoms with Crippen LogP contribution in [-0.4, -0.2) is 32.2 Å². The smallest absolute Gasteiger partial charge is 0.263 e. The predicted molar refractivity (Wildman–Crippen MR) is 99.8 cm³/mol. The Morgan fingerprint density at radius 1 is 1.40 bits per heavy atom. The summed E-state index contributed by atoms with van der Waals surface area (Å²) in [6.07, 6.45) is 6.27. The summed E-state index contributed by atoms with van der Waals surface area (Å²) in [5, 5.41) is 4.19. The summed E-state index contributed by atoms with van der Waals surface area (Å²) in [6.45, 7) is 4.61. The van der Waals surface area contributed by atoms with E-state index in [1.54, 1.807) is 22.9 Å². The van der Waals surface area contributed by atoms with Gasteiger partial charge in [-0.3, -0.25) is 14.2 Å². The van der Waals surface area contributed by atoms with Crippen LogP contribution >= 0.6 is 11.8 Å². The molecule has 7 heteroatoms. The Morgan fingerprint density at radius 2 is 2.20 bits per heavy atom. The number of nitrogens with one attached hydrogen (secondary N) is 1. The van der Waals surface area contributed by atoms with Crippen molar-refractivity contribution < 1.29 is 4.79 Å². The molecule has 0 saturated heterocycles. The minimum absolute atomic E-state index is 0.00164. The Kier molecular flexibility index (Phi) is 5.73. The second-order valence-electron chi connectivity index (χ2n) is 6.54. The van der Waals surface area contributed by atoms with E-state index < -0.39 is 0 Å². The molecule has 1 amide bonds. The van der Waals surface area contributed by atoms with Gasteiger partial charge in [-0.05, 0) is 37.8 Å². The summed E-state index contributed by atoms with van der Waals surface area (Å²) in [7, 11) is 0. The molecule has 0 radical (unpaired) electrons. The number of aromatic nitrogens is 3. The van der Waals surface area contributed by atoms with Crippen LogP contribution in [0.5, 0.6) is 0 Å². The zero-order chi connectivity index (χ0) is 17.8. The molecule has 2 heterocycles. The van der Waals surface area contributed by atoms with Crippen molar-refractivity contribution >= 4 is 28.7 Å². The number of hydrogen-bond donors (Lipinski definition) is 1. The summed E-state index contributed by atoms with van der Waals surface area (Å²) in [6, 6.07) is 3.73. The summed E-state index contributed by atoms with van der Waals surface area (Å²) in [5.41, 5.74) is 0.324. The van der Waals surface area contributed by atoms with Gasteiger partial charge < -0.3 is 5.32 Å². The van der Waals surface area contributed by atoms with Gasteiger partial charge in [-0.15, -0.1) is 0 Å². The molecule has 1 saturated carbocycles. The molecule has 0 bridgehead atoms. The molecule has 134 valence electrons. The van der Waals surface area contributed by atoms with E-state index in [1.807, 2.05) is 6.92 Å². The first-order chi connectivity index (χ1) is 12.1. The van der Waals surface area contributed by atoms with E-state index in [4.69, 9.17) is 0 Å². The molecule has 25 heavy (non-hydrogen) atoms. The molecule has 1 aliphatic rings. The Labute approximate surface area is 151 Å². The fourth-order valence-corrected chi connectivity index (χ4v) is 4.20. The van der Waals surface area contributed by atoms with Gasteiger partial charge in [-0.25, -0.2) is 9.97 Å². The van der Waals surface area contributed by atoms with E-state index in [0.29, 0.717) is 28.7 Å². The third-order valence-corrected chi connectivity index (χ3v) is 5.78. The maximum absolute atomic E-state index is 12.6. The first-order valence-electron chi connectivity index (χ1n) is 8.88. The number of fused-ring (bicyclic) bond motifs is 1. The van der Waals surface area contributed by atoms with Crippen molar-refractivity contribution in [3.63, 3.8) is 0 Å². The van der Waals surface area contributed by atoms with Crippen LogP contribution in [-0.2, 0) is 11.3 Å². The van der Waals surface area contributed by atoms with E-state index in [0.717, 1.165) is 6.42 Å². The largest absolute Gasteiger partial charge is 0.352 e. The Bertz CT molecular complexity index is 820. The van der Waals surface area contributed by atoms with E-state index in [-0.39, 0.29) is 23.3 Å². The standard InChI is InChI=1S/C18H24N4O2S/c1-3-22-17(24)13-8-6-10-19-16(13)21-18(22)25-11-15(23)20-14-9-5-4-7-12(14)2/h6,8,10,12,14H,3-5,7,9,11H2,1-2H3,(H,20,23)/t12-,14+/m0/s1. The van der Waals surface area contributed by atoms with Gasteiger partial charge in [-0.2, -0.15) is 0 Å². The number of pyridine rings is 1. The van der Waals surface area contributed by atoms with Gasteiger partial charge in [0.05, 0.1) is 11.1 Å².